The molecule has 0 spiro atoms. The number of nitrogens with zero attached hydrogens (tertiary/aromatic N) is 2. The zero-order valence-electron chi connectivity index (χ0n) is 10.9. The highest BCUT2D eigenvalue weighted by Gasteiger charge is 2.37. The van der Waals surface area contributed by atoms with Crippen molar-refractivity contribution in [1.82, 2.24) is 9.55 Å². The molecule has 1 heterocycles. The molecule has 0 saturated heterocycles. The summed E-state index contributed by atoms with van der Waals surface area (Å²) in [7, 11) is 0. The fourth-order valence-corrected chi connectivity index (χ4v) is 1.92. The maximum Gasteiger partial charge on any atom is 0.449 e. The lowest BCUT2D eigenvalue weighted by Gasteiger charge is -2.11. The minimum atomic E-state index is -4.60. The molecule has 1 amide bonds. The van der Waals surface area contributed by atoms with Crippen LogP contribution in [0.15, 0.2) is 18.2 Å². The maximum atomic E-state index is 13.0. The van der Waals surface area contributed by atoms with E-state index in [1.165, 1.54) is 18.2 Å². The molecule has 0 radical (unpaired) electrons. The summed E-state index contributed by atoms with van der Waals surface area (Å²) in [6.07, 6.45) is -4.60. The van der Waals surface area contributed by atoms with Gasteiger partial charge < -0.3 is 20.8 Å². The number of hydrogen-bond acceptors (Lipinski definition) is 4. The van der Waals surface area contributed by atoms with E-state index in [-0.39, 0.29) is 25.3 Å². The Balaban J connectivity index is 2.32. The van der Waals surface area contributed by atoms with Gasteiger partial charge in [-0.3, -0.25) is 4.79 Å². The van der Waals surface area contributed by atoms with Crippen molar-refractivity contribution in [3.05, 3.63) is 24.0 Å². The van der Waals surface area contributed by atoms with Crippen molar-refractivity contribution < 1.29 is 22.7 Å². The number of amides is 1. The van der Waals surface area contributed by atoms with Crippen LogP contribution in [0.25, 0.3) is 11.0 Å². The summed E-state index contributed by atoms with van der Waals surface area (Å²) < 4.78 is 44.9. The third-order valence-electron chi connectivity index (χ3n) is 2.73. The van der Waals surface area contributed by atoms with Crippen molar-refractivity contribution in [2.75, 3.05) is 18.9 Å². The van der Waals surface area contributed by atoms with E-state index in [4.69, 9.17) is 16.2 Å². The summed E-state index contributed by atoms with van der Waals surface area (Å²) in [6, 6.07) is 4.32. The Hall–Kier alpha value is -2.29. The summed E-state index contributed by atoms with van der Waals surface area (Å²) in [5.41, 5.74) is 11.2. The molecule has 0 unspecified atom stereocenters. The first kappa shape index (κ1) is 15.1. The molecule has 9 heteroatoms. The molecule has 1 aromatic heterocycles. The van der Waals surface area contributed by atoms with Gasteiger partial charge in [0.2, 0.25) is 11.7 Å². The van der Waals surface area contributed by atoms with Gasteiger partial charge >= 0.3 is 6.18 Å². The highest BCUT2D eigenvalue weighted by molar-refractivity contribution is 5.79. The highest BCUT2D eigenvalue weighted by Crippen LogP contribution is 2.31. The topological polar surface area (TPSA) is 96.2 Å². The first-order valence-corrected chi connectivity index (χ1v) is 5.98. The normalized spacial score (nSPS) is 12.0. The van der Waals surface area contributed by atoms with Gasteiger partial charge in [0.15, 0.2) is 0 Å². The molecule has 0 aliphatic carbocycles. The number of nitrogen functional groups attached to an aromatic ring is 1. The fraction of sp³-hybridized carbons (Fsp3) is 0.333. The van der Waals surface area contributed by atoms with Crippen LogP contribution in [0.1, 0.15) is 5.82 Å². The predicted octanol–water partition coefficient (Wildman–Crippen LogP) is 1.14. The van der Waals surface area contributed by atoms with Gasteiger partial charge in [0, 0.05) is 12.2 Å². The summed E-state index contributed by atoms with van der Waals surface area (Å²) in [5, 5.41) is 0. The molecular weight excluding hydrogens is 289 g/mol. The Morgan fingerprint density at radius 3 is 2.71 bits per heavy atom. The number of hydrogen-bond donors (Lipinski definition) is 2. The molecule has 0 aliphatic heterocycles. The molecule has 2 rings (SSSR count). The largest absolute Gasteiger partial charge is 0.449 e. The van der Waals surface area contributed by atoms with Crippen LogP contribution in [0.4, 0.5) is 18.9 Å². The van der Waals surface area contributed by atoms with Gasteiger partial charge in [0.05, 0.1) is 17.6 Å². The van der Waals surface area contributed by atoms with Crippen LogP contribution in [0, 0.1) is 0 Å². The molecule has 2 aromatic rings. The predicted molar refractivity (Wildman–Crippen MR) is 69.2 cm³/mol. The number of anilines is 1. The van der Waals surface area contributed by atoms with Crippen molar-refractivity contribution in [3.63, 3.8) is 0 Å². The summed E-state index contributed by atoms with van der Waals surface area (Å²) in [4.78, 5) is 14.1. The Labute approximate surface area is 117 Å². The number of aromatic nitrogens is 2. The number of imidazole rings is 1. The monoisotopic (exact) mass is 302 g/mol. The number of rotatable bonds is 5. The zero-order valence-corrected chi connectivity index (χ0v) is 10.9. The fourth-order valence-electron chi connectivity index (χ4n) is 1.92. The molecule has 0 atom stereocenters. The zero-order chi connectivity index (χ0) is 15.6. The van der Waals surface area contributed by atoms with Gasteiger partial charge in [-0.2, -0.15) is 13.2 Å². The van der Waals surface area contributed by atoms with Gasteiger partial charge in [-0.15, -0.1) is 0 Å². The summed E-state index contributed by atoms with van der Waals surface area (Å²) >= 11 is 0. The third kappa shape index (κ3) is 3.43. The molecule has 0 fully saturated rings. The van der Waals surface area contributed by atoms with Crippen LogP contribution < -0.4 is 11.5 Å². The number of benzene rings is 1. The van der Waals surface area contributed by atoms with E-state index in [9.17, 15) is 18.0 Å². The molecule has 21 heavy (non-hydrogen) atoms. The SMILES string of the molecule is NC(=O)COCCn1c(C(F)(F)F)nc2cc(N)ccc21. The van der Waals surface area contributed by atoms with E-state index < -0.39 is 17.9 Å². The Bertz CT molecular complexity index is 666. The maximum absolute atomic E-state index is 13.0. The van der Waals surface area contributed by atoms with Crippen LogP contribution >= 0.6 is 0 Å². The van der Waals surface area contributed by atoms with Gasteiger partial charge in [-0.05, 0) is 18.2 Å². The number of carbonyl (C=O) groups is 1. The van der Waals surface area contributed by atoms with Crippen molar-refractivity contribution in [2.24, 2.45) is 5.73 Å². The second-order valence-electron chi connectivity index (χ2n) is 4.35. The number of primary amides is 1. The minimum absolute atomic E-state index is 0.0954. The molecule has 1 aromatic carbocycles. The number of ether oxygens (including phenoxy) is 1. The second-order valence-corrected chi connectivity index (χ2v) is 4.35. The number of alkyl halides is 3. The van der Waals surface area contributed by atoms with E-state index in [2.05, 4.69) is 4.98 Å². The Morgan fingerprint density at radius 1 is 1.38 bits per heavy atom. The lowest BCUT2D eigenvalue weighted by Crippen LogP contribution is -2.21. The minimum Gasteiger partial charge on any atom is -0.399 e. The van der Waals surface area contributed by atoms with Gasteiger partial charge in [0.25, 0.3) is 0 Å². The van der Waals surface area contributed by atoms with E-state index >= 15 is 0 Å². The van der Waals surface area contributed by atoms with Gasteiger partial charge in [-0.25, -0.2) is 4.98 Å². The van der Waals surface area contributed by atoms with Crippen LogP contribution in [0.3, 0.4) is 0 Å². The molecule has 0 bridgehead atoms. The van der Waals surface area contributed by atoms with Crippen LogP contribution in [0.5, 0.6) is 0 Å². The van der Waals surface area contributed by atoms with E-state index in [1.807, 2.05) is 0 Å². The van der Waals surface area contributed by atoms with E-state index in [0.717, 1.165) is 4.57 Å². The van der Waals surface area contributed by atoms with Crippen LogP contribution in [-0.4, -0.2) is 28.7 Å². The Kier molecular flexibility index (Phi) is 4.03. The van der Waals surface area contributed by atoms with Crippen molar-refractivity contribution in [3.8, 4) is 0 Å². The summed E-state index contributed by atoms with van der Waals surface area (Å²) in [6.45, 7) is -0.550. The molecule has 0 saturated carbocycles. The number of fused-ring (bicyclic) bond motifs is 1. The Morgan fingerprint density at radius 2 is 2.10 bits per heavy atom. The standard InChI is InChI=1S/C12H13F3N4O2/c13-12(14,15)11-18-8-5-7(16)1-2-9(8)19(11)3-4-21-6-10(17)20/h1-2,5H,3-4,6,16H2,(H2,17,20). The number of carbonyl (C=O) groups excluding carboxylic acids is 1. The first-order chi connectivity index (χ1) is 9.79. The third-order valence-corrected chi connectivity index (χ3v) is 2.73. The van der Waals surface area contributed by atoms with Gasteiger partial charge in [0.1, 0.15) is 6.61 Å². The molecular formula is C12H13F3N4O2. The highest BCUT2D eigenvalue weighted by atomic mass is 19.4. The lowest BCUT2D eigenvalue weighted by atomic mass is 10.3. The lowest BCUT2D eigenvalue weighted by molar-refractivity contribution is -0.147. The molecule has 0 aliphatic rings. The summed E-state index contributed by atoms with van der Waals surface area (Å²) in [5.74, 6) is -1.72. The van der Waals surface area contributed by atoms with E-state index in [0.29, 0.717) is 11.2 Å². The van der Waals surface area contributed by atoms with E-state index in [1.54, 1.807) is 0 Å². The van der Waals surface area contributed by atoms with Crippen molar-refractivity contribution >= 4 is 22.6 Å². The molecule has 4 N–H and O–H groups in total. The van der Waals surface area contributed by atoms with Crippen molar-refractivity contribution in [1.29, 1.82) is 0 Å². The number of nitrogens with two attached hydrogens (primary N) is 2. The first-order valence-electron chi connectivity index (χ1n) is 5.98. The van der Waals surface area contributed by atoms with Gasteiger partial charge in [-0.1, -0.05) is 0 Å². The average Bonchev–Trinajstić information content (AvgIpc) is 2.72. The quantitative estimate of drug-likeness (QED) is 0.639. The van der Waals surface area contributed by atoms with Crippen LogP contribution in [0.2, 0.25) is 0 Å². The van der Waals surface area contributed by atoms with Crippen LogP contribution in [-0.2, 0) is 22.3 Å². The molecule has 114 valence electrons. The molecule has 6 nitrogen and oxygen atoms in total. The average molecular weight is 302 g/mol. The second kappa shape index (κ2) is 5.60. The van der Waals surface area contributed by atoms with Crippen molar-refractivity contribution in [2.45, 2.75) is 12.7 Å². The number of halogens is 3. The smallest absolute Gasteiger partial charge is 0.399 e.